The van der Waals surface area contributed by atoms with Gasteiger partial charge in [-0.1, -0.05) is 0 Å². The van der Waals surface area contributed by atoms with Crippen molar-refractivity contribution in [3.05, 3.63) is 22.4 Å². The summed E-state index contributed by atoms with van der Waals surface area (Å²) < 4.78 is 0. The average Bonchev–Trinajstić information content (AvgIpc) is 2.75. The molecule has 0 unspecified atom stereocenters. The van der Waals surface area contributed by atoms with E-state index in [4.69, 9.17) is 0 Å². The van der Waals surface area contributed by atoms with Gasteiger partial charge in [0, 0.05) is 11.1 Å². The predicted molar refractivity (Wildman–Crippen MR) is 51.2 cm³/mol. The largest absolute Gasteiger partial charge is 0.289 e. The average molecular weight is 209 g/mol. The second-order valence-corrected chi connectivity index (χ2v) is 3.80. The Morgan fingerprint density at radius 1 is 1.57 bits per heavy atom. The van der Waals surface area contributed by atoms with E-state index in [1.54, 1.807) is 6.20 Å². The molecule has 0 radical (unpaired) electrons. The topological polar surface area (TPSA) is 83.6 Å². The number of nitrogens with one attached hydrogen (secondary N) is 2. The Labute approximate surface area is 83.4 Å². The maximum absolute atomic E-state index is 11.5. The van der Waals surface area contributed by atoms with Crippen molar-refractivity contribution in [2.75, 3.05) is 5.32 Å². The number of aromatic amines is 1. The van der Waals surface area contributed by atoms with E-state index in [1.807, 2.05) is 6.92 Å². The zero-order valence-electron chi connectivity index (χ0n) is 7.31. The van der Waals surface area contributed by atoms with Gasteiger partial charge in [0.2, 0.25) is 5.95 Å². The molecule has 0 saturated heterocycles. The third-order valence-corrected chi connectivity index (χ3v) is 2.37. The van der Waals surface area contributed by atoms with Crippen LogP contribution < -0.4 is 5.32 Å². The van der Waals surface area contributed by atoms with Gasteiger partial charge in [-0.05, 0) is 6.92 Å². The van der Waals surface area contributed by atoms with Crippen molar-refractivity contribution in [1.82, 2.24) is 20.2 Å². The minimum absolute atomic E-state index is 0.278. The van der Waals surface area contributed by atoms with Gasteiger partial charge in [0.05, 0.1) is 0 Å². The van der Waals surface area contributed by atoms with E-state index in [9.17, 15) is 4.79 Å². The molecule has 0 atom stereocenters. The summed E-state index contributed by atoms with van der Waals surface area (Å²) in [6.45, 7) is 1.89. The van der Waals surface area contributed by atoms with Crippen molar-refractivity contribution in [2.45, 2.75) is 6.92 Å². The summed E-state index contributed by atoms with van der Waals surface area (Å²) in [6, 6.07) is 0. The Morgan fingerprint density at radius 3 is 3.00 bits per heavy atom. The maximum atomic E-state index is 11.5. The van der Waals surface area contributed by atoms with Crippen LogP contribution in [0.4, 0.5) is 5.95 Å². The van der Waals surface area contributed by atoms with Crippen LogP contribution in [0.3, 0.4) is 0 Å². The van der Waals surface area contributed by atoms with Crippen LogP contribution in [-0.4, -0.2) is 26.1 Å². The molecule has 7 heteroatoms. The molecule has 0 aliphatic heterocycles. The van der Waals surface area contributed by atoms with Gasteiger partial charge in [-0.3, -0.25) is 10.1 Å². The lowest BCUT2D eigenvalue weighted by atomic mass is 10.6. The highest BCUT2D eigenvalue weighted by Crippen LogP contribution is 2.11. The van der Waals surface area contributed by atoms with Gasteiger partial charge < -0.3 is 0 Å². The number of amides is 1. The summed E-state index contributed by atoms with van der Waals surface area (Å²) in [7, 11) is 0. The molecular formula is C7H7N5OS. The van der Waals surface area contributed by atoms with Gasteiger partial charge in [0.15, 0.2) is 5.01 Å². The molecule has 2 N–H and O–H groups in total. The summed E-state index contributed by atoms with van der Waals surface area (Å²) in [4.78, 5) is 20.2. The molecule has 0 fully saturated rings. The molecule has 0 saturated carbocycles. The molecule has 0 aliphatic rings. The summed E-state index contributed by atoms with van der Waals surface area (Å²) >= 11 is 1.33. The van der Waals surface area contributed by atoms with Gasteiger partial charge in [-0.15, -0.1) is 11.3 Å². The normalized spacial score (nSPS) is 10.1. The lowest BCUT2D eigenvalue weighted by Gasteiger charge is -1.95. The minimum Gasteiger partial charge on any atom is -0.289 e. The van der Waals surface area contributed by atoms with Gasteiger partial charge in [0.25, 0.3) is 5.91 Å². The molecule has 0 spiro atoms. The first-order valence-corrected chi connectivity index (χ1v) is 4.66. The first-order valence-electron chi connectivity index (χ1n) is 3.85. The minimum atomic E-state index is -0.278. The zero-order valence-corrected chi connectivity index (χ0v) is 8.13. The summed E-state index contributed by atoms with van der Waals surface area (Å²) in [5, 5.41) is 9.08. The van der Waals surface area contributed by atoms with E-state index in [-0.39, 0.29) is 5.91 Å². The molecule has 0 bridgehead atoms. The van der Waals surface area contributed by atoms with Crippen molar-refractivity contribution in [1.29, 1.82) is 0 Å². The lowest BCUT2D eigenvalue weighted by Crippen LogP contribution is -2.12. The van der Waals surface area contributed by atoms with Crippen LogP contribution in [0.2, 0.25) is 0 Å². The van der Waals surface area contributed by atoms with E-state index in [0.717, 1.165) is 4.88 Å². The number of hydrogen-bond acceptors (Lipinski definition) is 5. The van der Waals surface area contributed by atoms with Gasteiger partial charge in [-0.25, -0.2) is 10.1 Å². The van der Waals surface area contributed by atoms with Crippen molar-refractivity contribution in [3.63, 3.8) is 0 Å². The number of aromatic nitrogens is 4. The number of H-pyrrole nitrogens is 1. The van der Waals surface area contributed by atoms with Crippen molar-refractivity contribution < 1.29 is 4.79 Å². The van der Waals surface area contributed by atoms with E-state index < -0.39 is 0 Å². The SMILES string of the molecule is Cc1cnc(C(=O)Nc2ncn[nH]2)s1. The number of aryl methyl sites for hydroxylation is 1. The maximum Gasteiger partial charge on any atom is 0.286 e. The number of rotatable bonds is 2. The third-order valence-electron chi connectivity index (χ3n) is 1.46. The number of anilines is 1. The van der Waals surface area contributed by atoms with Gasteiger partial charge >= 0.3 is 0 Å². The summed E-state index contributed by atoms with van der Waals surface area (Å²) in [5.41, 5.74) is 0. The highest BCUT2D eigenvalue weighted by Gasteiger charge is 2.10. The standard InChI is InChI=1S/C7H7N5OS/c1-4-2-8-6(14-4)5(13)11-7-9-3-10-12-7/h2-3H,1H3,(H2,9,10,11,12,13). The molecule has 2 heterocycles. The first kappa shape index (κ1) is 8.82. The third kappa shape index (κ3) is 1.77. The molecule has 6 nitrogen and oxygen atoms in total. The highest BCUT2D eigenvalue weighted by molar-refractivity contribution is 7.13. The predicted octanol–water partition coefficient (Wildman–Crippen LogP) is 0.822. The fraction of sp³-hybridized carbons (Fsp3) is 0.143. The van der Waals surface area contributed by atoms with Crippen LogP contribution in [0, 0.1) is 6.92 Å². The van der Waals surface area contributed by atoms with Crippen LogP contribution in [0.1, 0.15) is 14.7 Å². The molecule has 0 aromatic carbocycles. The van der Waals surface area contributed by atoms with Crippen molar-refractivity contribution in [3.8, 4) is 0 Å². The summed E-state index contributed by atoms with van der Waals surface area (Å²) in [5.74, 6) is 0.0442. The fourth-order valence-electron chi connectivity index (χ4n) is 0.886. The highest BCUT2D eigenvalue weighted by atomic mass is 32.1. The molecule has 0 aliphatic carbocycles. The molecule has 1 amide bonds. The second-order valence-electron chi connectivity index (χ2n) is 2.56. The number of carbonyl (C=O) groups excluding carboxylic acids is 1. The molecule has 2 rings (SSSR count). The first-order chi connectivity index (χ1) is 6.75. The number of nitrogens with zero attached hydrogens (tertiary/aromatic N) is 3. The van der Waals surface area contributed by atoms with Gasteiger partial charge in [-0.2, -0.15) is 10.1 Å². The summed E-state index contributed by atoms with van der Waals surface area (Å²) in [6.07, 6.45) is 2.97. The van der Waals surface area contributed by atoms with Crippen LogP contribution in [-0.2, 0) is 0 Å². The molecule has 2 aromatic rings. The van der Waals surface area contributed by atoms with Gasteiger partial charge in [0.1, 0.15) is 6.33 Å². The van der Waals surface area contributed by atoms with Crippen LogP contribution in [0.5, 0.6) is 0 Å². The Balaban J connectivity index is 2.10. The molecule has 72 valence electrons. The Bertz CT molecular complexity index is 435. The Hall–Kier alpha value is -1.76. The molecule has 2 aromatic heterocycles. The van der Waals surface area contributed by atoms with Crippen molar-refractivity contribution in [2.24, 2.45) is 0 Å². The van der Waals surface area contributed by atoms with E-state index in [1.165, 1.54) is 17.7 Å². The van der Waals surface area contributed by atoms with E-state index in [0.29, 0.717) is 11.0 Å². The Morgan fingerprint density at radius 2 is 2.43 bits per heavy atom. The number of thiazole rings is 1. The smallest absolute Gasteiger partial charge is 0.286 e. The Kier molecular flexibility index (Phi) is 2.23. The molecule has 14 heavy (non-hydrogen) atoms. The monoisotopic (exact) mass is 209 g/mol. The van der Waals surface area contributed by atoms with Crippen LogP contribution in [0.15, 0.2) is 12.5 Å². The van der Waals surface area contributed by atoms with Crippen LogP contribution in [0.25, 0.3) is 0 Å². The quantitative estimate of drug-likeness (QED) is 0.767. The fourth-order valence-corrected chi connectivity index (χ4v) is 1.55. The zero-order chi connectivity index (χ0) is 9.97. The van der Waals surface area contributed by atoms with Crippen molar-refractivity contribution >= 4 is 23.2 Å². The second kappa shape index (κ2) is 3.54. The van der Waals surface area contributed by atoms with E-state index in [2.05, 4.69) is 25.5 Å². The number of carbonyl (C=O) groups is 1. The lowest BCUT2D eigenvalue weighted by molar-refractivity contribution is 0.102. The number of hydrogen-bond donors (Lipinski definition) is 2. The van der Waals surface area contributed by atoms with E-state index >= 15 is 0 Å². The molecular weight excluding hydrogens is 202 g/mol. The van der Waals surface area contributed by atoms with Crippen LogP contribution >= 0.6 is 11.3 Å².